The number of alkyl carbamates (subject to hydrolysis) is 1. The van der Waals surface area contributed by atoms with Crippen LogP contribution in [-0.2, 0) is 19.1 Å². The molecule has 2 aromatic rings. The zero-order chi connectivity index (χ0) is 25.5. The van der Waals surface area contributed by atoms with Crippen LogP contribution in [0, 0.1) is 5.82 Å². The minimum Gasteiger partial charge on any atom is -0.466 e. The first-order valence-electron chi connectivity index (χ1n) is 10.6. The molecule has 0 unspecified atom stereocenters. The fourth-order valence-corrected chi connectivity index (χ4v) is 4.72. The van der Waals surface area contributed by atoms with Crippen LogP contribution in [0.25, 0.3) is 0 Å². The van der Waals surface area contributed by atoms with E-state index in [4.69, 9.17) is 21.1 Å². The van der Waals surface area contributed by atoms with E-state index in [0.29, 0.717) is 5.01 Å². The van der Waals surface area contributed by atoms with Crippen molar-refractivity contribution in [3.05, 3.63) is 62.5 Å². The normalized spacial score (nSPS) is 19.9. The number of halogens is 2. The topological polar surface area (TPSA) is 110 Å². The fourth-order valence-electron chi connectivity index (χ4n) is 3.87. The second-order valence-electron chi connectivity index (χ2n) is 8.76. The largest absolute Gasteiger partial charge is 0.466 e. The fraction of sp³-hybridized carbons (Fsp3) is 0.348. The molecule has 4 rings (SSSR count). The van der Waals surface area contributed by atoms with Gasteiger partial charge in [-0.1, -0.05) is 23.7 Å². The molecule has 1 aromatic heterocycles. The van der Waals surface area contributed by atoms with Gasteiger partial charge in [-0.25, -0.2) is 19.0 Å². The minimum absolute atomic E-state index is 0.0159. The van der Waals surface area contributed by atoms with Crippen molar-refractivity contribution in [3.8, 4) is 0 Å². The highest BCUT2D eigenvalue weighted by atomic mass is 35.5. The van der Waals surface area contributed by atoms with Gasteiger partial charge in [0.15, 0.2) is 10.8 Å². The molecule has 1 saturated heterocycles. The zero-order valence-electron chi connectivity index (χ0n) is 19.3. The first-order valence-corrected chi connectivity index (χ1v) is 11.8. The van der Waals surface area contributed by atoms with E-state index in [-0.39, 0.29) is 34.1 Å². The molecule has 0 saturated carbocycles. The molecule has 35 heavy (non-hydrogen) atoms. The molecule has 0 radical (unpaired) electrons. The second kappa shape index (κ2) is 9.38. The average molecular weight is 521 g/mol. The highest BCUT2D eigenvalue weighted by Crippen LogP contribution is 2.43. The van der Waals surface area contributed by atoms with Crippen molar-refractivity contribution < 1.29 is 28.2 Å². The van der Waals surface area contributed by atoms with Gasteiger partial charge in [0, 0.05) is 29.3 Å². The number of nitrogens with one attached hydrogen (secondary N) is 1. The van der Waals surface area contributed by atoms with E-state index >= 15 is 0 Å². The number of amides is 2. The Morgan fingerprint density at radius 2 is 2.06 bits per heavy atom. The Morgan fingerprint density at radius 1 is 1.31 bits per heavy atom. The standard InChI is InChI=1S/C23H22ClFN4O5S/c1-23(2,3)34-22(32)27-13-10-14-15(21(31)33-4)17(11-6-5-7-12(25)16(11)24)28-18(29(14)20(13)30)19-26-8-9-35-19/h5-9,13,17H,10H2,1-4H3,(H,27,32)/t13-,17-/m0/s1. The first kappa shape index (κ1) is 24.8. The summed E-state index contributed by atoms with van der Waals surface area (Å²) in [7, 11) is 1.19. The number of esters is 1. The van der Waals surface area contributed by atoms with E-state index < -0.39 is 41.5 Å². The predicted molar refractivity (Wildman–Crippen MR) is 126 cm³/mol. The van der Waals surface area contributed by atoms with Crippen molar-refractivity contribution >= 4 is 46.7 Å². The summed E-state index contributed by atoms with van der Waals surface area (Å²) in [6.45, 7) is 5.10. The van der Waals surface area contributed by atoms with E-state index in [2.05, 4.69) is 15.3 Å². The summed E-state index contributed by atoms with van der Waals surface area (Å²) >= 11 is 7.49. The van der Waals surface area contributed by atoms with Crippen LogP contribution >= 0.6 is 22.9 Å². The zero-order valence-corrected chi connectivity index (χ0v) is 20.9. The van der Waals surface area contributed by atoms with Crippen LogP contribution in [-0.4, -0.2) is 52.4 Å². The molecule has 0 aliphatic carbocycles. The molecule has 2 aliphatic heterocycles. The van der Waals surface area contributed by atoms with Gasteiger partial charge in [0.25, 0.3) is 5.91 Å². The number of ether oxygens (including phenoxy) is 2. The molecule has 2 amide bonds. The highest BCUT2D eigenvalue weighted by molar-refractivity contribution is 7.11. The van der Waals surface area contributed by atoms with Crippen molar-refractivity contribution in [2.24, 2.45) is 4.99 Å². The lowest BCUT2D eigenvalue weighted by Gasteiger charge is -2.30. The van der Waals surface area contributed by atoms with Crippen molar-refractivity contribution in [2.75, 3.05) is 7.11 Å². The van der Waals surface area contributed by atoms with Crippen molar-refractivity contribution in [2.45, 2.75) is 44.9 Å². The third-order valence-electron chi connectivity index (χ3n) is 5.23. The summed E-state index contributed by atoms with van der Waals surface area (Å²) in [6, 6.07) is 2.09. The lowest BCUT2D eigenvalue weighted by Crippen LogP contribution is -2.45. The van der Waals surface area contributed by atoms with Crippen molar-refractivity contribution in [1.82, 2.24) is 15.2 Å². The maximum Gasteiger partial charge on any atom is 0.408 e. The summed E-state index contributed by atoms with van der Waals surface area (Å²) in [5.74, 6) is -1.81. The highest BCUT2D eigenvalue weighted by Gasteiger charge is 2.48. The Labute approximate surface area is 209 Å². The average Bonchev–Trinajstić information content (AvgIpc) is 3.42. The molecule has 0 bridgehead atoms. The van der Waals surface area contributed by atoms with Gasteiger partial charge >= 0.3 is 12.1 Å². The molecular formula is C23H22ClFN4O5S. The Bertz CT molecular complexity index is 1260. The van der Waals surface area contributed by atoms with Crippen molar-refractivity contribution in [1.29, 1.82) is 0 Å². The van der Waals surface area contributed by atoms with E-state index in [9.17, 15) is 18.8 Å². The number of aliphatic imine (C=N–C) groups is 1. The van der Waals surface area contributed by atoms with Gasteiger partial charge in [-0.2, -0.15) is 0 Å². The summed E-state index contributed by atoms with van der Waals surface area (Å²) in [5, 5.41) is 4.46. The lowest BCUT2D eigenvalue weighted by atomic mass is 9.94. The molecule has 0 spiro atoms. The maximum absolute atomic E-state index is 14.3. The van der Waals surface area contributed by atoms with Gasteiger partial charge in [-0.15, -0.1) is 11.3 Å². The number of hydrogen-bond donors (Lipinski definition) is 1. The number of nitrogens with zero attached hydrogens (tertiary/aromatic N) is 3. The molecule has 12 heteroatoms. The van der Waals surface area contributed by atoms with Crippen molar-refractivity contribution in [3.63, 3.8) is 0 Å². The first-order chi connectivity index (χ1) is 16.5. The Balaban J connectivity index is 1.85. The van der Waals surface area contributed by atoms with Crippen LogP contribution in [0.5, 0.6) is 0 Å². The summed E-state index contributed by atoms with van der Waals surface area (Å²) < 4.78 is 24.6. The molecule has 1 fully saturated rings. The van der Waals surface area contributed by atoms with Crippen LogP contribution in [0.2, 0.25) is 5.02 Å². The number of methoxy groups -OCH3 is 1. The lowest BCUT2D eigenvalue weighted by molar-refractivity contribution is -0.136. The number of carbonyl (C=O) groups is 3. The molecule has 1 N–H and O–H groups in total. The van der Waals surface area contributed by atoms with E-state index in [1.807, 2.05) is 0 Å². The van der Waals surface area contributed by atoms with Gasteiger partial charge < -0.3 is 14.8 Å². The van der Waals surface area contributed by atoms with Gasteiger partial charge in [-0.05, 0) is 26.8 Å². The van der Waals surface area contributed by atoms with Crippen LogP contribution in [0.4, 0.5) is 9.18 Å². The molecule has 9 nitrogen and oxygen atoms in total. The number of thiazole rings is 1. The number of rotatable bonds is 4. The SMILES string of the molecule is COC(=O)C1=C2C[C@H](NC(=O)OC(C)(C)C)C(=O)N2C(c2nccs2)=N[C@H]1c1cccc(F)c1Cl. The quantitative estimate of drug-likeness (QED) is 0.610. The monoisotopic (exact) mass is 520 g/mol. The smallest absolute Gasteiger partial charge is 0.408 e. The van der Waals surface area contributed by atoms with Crippen LogP contribution < -0.4 is 5.32 Å². The third-order valence-corrected chi connectivity index (χ3v) is 6.40. The minimum atomic E-state index is -1.07. The summed E-state index contributed by atoms with van der Waals surface area (Å²) in [5.41, 5.74) is -0.276. The molecule has 3 heterocycles. The van der Waals surface area contributed by atoms with Gasteiger partial charge in [0.2, 0.25) is 0 Å². The molecule has 1 aromatic carbocycles. The molecule has 2 aliphatic rings. The van der Waals surface area contributed by atoms with Gasteiger partial charge in [0.1, 0.15) is 23.5 Å². The Kier molecular flexibility index (Phi) is 6.65. The molecule has 2 atom stereocenters. The summed E-state index contributed by atoms with van der Waals surface area (Å²) in [6.07, 6.45) is 0.715. The summed E-state index contributed by atoms with van der Waals surface area (Å²) in [4.78, 5) is 48.9. The number of amidine groups is 1. The Hall–Kier alpha value is -3.31. The number of benzene rings is 1. The predicted octanol–water partition coefficient (Wildman–Crippen LogP) is 3.99. The number of hydrogen-bond acceptors (Lipinski definition) is 8. The van der Waals surface area contributed by atoms with Crippen LogP contribution in [0.3, 0.4) is 0 Å². The Morgan fingerprint density at radius 3 is 2.69 bits per heavy atom. The van der Waals surface area contributed by atoms with E-state index in [0.717, 1.165) is 0 Å². The van der Waals surface area contributed by atoms with Crippen LogP contribution in [0.1, 0.15) is 43.8 Å². The molecule has 184 valence electrons. The molecular weight excluding hydrogens is 499 g/mol. The van der Waals surface area contributed by atoms with Crippen LogP contribution in [0.15, 0.2) is 46.0 Å². The third kappa shape index (κ3) is 4.78. The van der Waals surface area contributed by atoms with Gasteiger partial charge in [-0.3, -0.25) is 14.7 Å². The number of fused-ring (bicyclic) bond motifs is 1. The van der Waals surface area contributed by atoms with Gasteiger partial charge in [0.05, 0.1) is 17.7 Å². The maximum atomic E-state index is 14.3. The second-order valence-corrected chi connectivity index (χ2v) is 10.0. The van der Waals surface area contributed by atoms with E-state index in [1.165, 1.54) is 35.5 Å². The van der Waals surface area contributed by atoms with E-state index in [1.54, 1.807) is 38.4 Å². The number of carbonyl (C=O) groups excluding carboxylic acids is 3. The number of aromatic nitrogens is 1.